The van der Waals surface area contributed by atoms with Gasteiger partial charge in [-0.15, -0.1) is 0 Å². The fraction of sp³-hybridized carbons (Fsp3) is 0.529. The SMILES string of the molecule is CC(NC(=O)CCOCC1CCCO1)(C(=O)O)c1ccc(Cl)c(Cl)c1. The molecule has 1 amide bonds. The lowest BCUT2D eigenvalue weighted by Crippen LogP contribution is -2.49. The van der Waals surface area contributed by atoms with Crippen LogP contribution in [0.5, 0.6) is 0 Å². The lowest BCUT2D eigenvalue weighted by Gasteiger charge is -2.27. The second-order valence-corrected chi connectivity index (χ2v) is 6.88. The van der Waals surface area contributed by atoms with E-state index < -0.39 is 17.4 Å². The molecule has 1 fully saturated rings. The van der Waals surface area contributed by atoms with E-state index in [0.29, 0.717) is 17.2 Å². The second kappa shape index (κ2) is 8.85. The van der Waals surface area contributed by atoms with Crippen molar-refractivity contribution >= 4 is 35.1 Å². The smallest absolute Gasteiger partial charge is 0.333 e. The number of carbonyl (C=O) groups is 2. The van der Waals surface area contributed by atoms with Gasteiger partial charge < -0.3 is 19.9 Å². The highest BCUT2D eigenvalue weighted by Crippen LogP contribution is 2.29. The molecular weight excluding hydrogens is 369 g/mol. The molecule has 1 aliphatic rings. The maximum absolute atomic E-state index is 12.1. The molecular formula is C17H21Cl2NO5. The van der Waals surface area contributed by atoms with Crippen LogP contribution in [0.25, 0.3) is 0 Å². The first-order chi connectivity index (χ1) is 11.8. The lowest BCUT2D eigenvalue weighted by molar-refractivity contribution is -0.147. The van der Waals surface area contributed by atoms with Crippen LogP contribution in [0.2, 0.25) is 10.0 Å². The minimum absolute atomic E-state index is 0.0525. The summed E-state index contributed by atoms with van der Waals surface area (Å²) in [5.74, 6) is -1.62. The van der Waals surface area contributed by atoms with Crippen molar-refractivity contribution in [2.24, 2.45) is 0 Å². The topological polar surface area (TPSA) is 84.9 Å². The predicted octanol–water partition coefficient (Wildman–Crippen LogP) is 3.00. The van der Waals surface area contributed by atoms with Crippen molar-refractivity contribution in [3.8, 4) is 0 Å². The van der Waals surface area contributed by atoms with Gasteiger partial charge in [0.05, 0.1) is 29.4 Å². The van der Waals surface area contributed by atoms with Crippen molar-refractivity contribution in [2.75, 3.05) is 19.8 Å². The Kier molecular flexibility index (Phi) is 7.07. The summed E-state index contributed by atoms with van der Waals surface area (Å²) < 4.78 is 10.9. The van der Waals surface area contributed by atoms with Crippen LogP contribution >= 0.6 is 23.2 Å². The monoisotopic (exact) mass is 389 g/mol. The minimum Gasteiger partial charge on any atom is -0.479 e. The summed E-state index contributed by atoms with van der Waals surface area (Å²) in [4.78, 5) is 23.9. The van der Waals surface area contributed by atoms with E-state index in [1.165, 1.54) is 25.1 Å². The van der Waals surface area contributed by atoms with Gasteiger partial charge in [0.2, 0.25) is 5.91 Å². The average molecular weight is 390 g/mol. The fourth-order valence-corrected chi connectivity index (χ4v) is 2.85. The van der Waals surface area contributed by atoms with Crippen molar-refractivity contribution in [3.05, 3.63) is 33.8 Å². The standard InChI is InChI=1S/C17H21Cl2NO5/c1-17(16(22)23,11-4-5-13(18)14(19)9-11)20-15(21)6-8-24-10-12-3-2-7-25-12/h4-5,9,12H,2-3,6-8,10H2,1H3,(H,20,21)(H,22,23). The molecule has 2 atom stereocenters. The number of amides is 1. The van der Waals surface area contributed by atoms with E-state index in [1.54, 1.807) is 0 Å². The van der Waals surface area contributed by atoms with E-state index in [4.69, 9.17) is 32.7 Å². The zero-order valence-electron chi connectivity index (χ0n) is 13.9. The van der Waals surface area contributed by atoms with Crippen LogP contribution in [0.3, 0.4) is 0 Å². The van der Waals surface area contributed by atoms with Gasteiger partial charge in [0, 0.05) is 13.0 Å². The van der Waals surface area contributed by atoms with Gasteiger partial charge in [0.15, 0.2) is 5.54 Å². The first-order valence-electron chi connectivity index (χ1n) is 8.02. The third-order valence-electron chi connectivity index (χ3n) is 4.12. The van der Waals surface area contributed by atoms with Crippen molar-refractivity contribution in [1.82, 2.24) is 5.32 Å². The molecule has 1 aliphatic heterocycles. The summed E-state index contributed by atoms with van der Waals surface area (Å²) in [5.41, 5.74) is -1.28. The van der Waals surface area contributed by atoms with Gasteiger partial charge in [-0.2, -0.15) is 0 Å². The number of carbonyl (C=O) groups excluding carboxylic acids is 1. The number of hydrogen-bond donors (Lipinski definition) is 2. The van der Waals surface area contributed by atoms with Crippen molar-refractivity contribution in [2.45, 2.75) is 37.8 Å². The maximum Gasteiger partial charge on any atom is 0.333 e. The molecule has 138 valence electrons. The molecule has 1 saturated heterocycles. The molecule has 2 unspecified atom stereocenters. The van der Waals surface area contributed by atoms with E-state index in [9.17, 15) is 14.7 Å². The summed E-state index contributed by atoms with van der Waals surface area (Å²) in [7, 11) is 0. The van der Waals surface area contributed by atoms with Crippen molar-refractivity contribution in [3.63, 3.8) is 0 Å². The van der Waals surface area contributed by atoms with Crippen LogP contribution in [0.15, 0.2) is 18.2 Å². The van der Waals surface area contributed by atoms with Gasteiger partial charge in [-0.3, -0.25) is 4.79 Å². The molecule has 1 heterocycles. The van der Waals surface area contributed by atoms with E-state index in [2.05, 4.69) is 5.32 Å². The molecule has 1 aromatic rings. The number of carboxylic acids is 1. The largest absolute Gasteiger partial charge is 0.479 e. The highest BCUT2D eigenvalue weighted by molar-refractivity contribution is 6.42. The van der Waals surface area contributed by atoms with Crippen LogP contribution < -0.4 is 5.32 Å². The molecule has 0 bridgehead atoms. The summed E-state index contributed by atoms with van der Waals surface area (Å²) in [6, 6.07) is 4.46. The number of ether oxygens (including phenoxy) is 2. The van der Waals surface area contributed by atoms with E-state index in [-0.39, 0.29) is 24.2 Å². The molecule has 2 rings (SSSR count). The normalized spacial score (nSPS) is 19.4. The number of carboxylic acid groups (broad SMARTS) is 1. The molecule has 0 aliphatic carbocycles. The van der Waals surface area contributed by atoms with Crippen LogP contribution in [0, 0.1) is 0 Å². The Morgan fingerprint density at radius 3 is 2.76 bits per heavy atom. The van der Waals surface area contributed by atoms with Crippen LogP contribution in [0.4, 0.5) is 0 Å². The molecule has 8 heteroatoms. The van der Waals surface area contributed by atoms with Crippen LogP contribution in [-0.4, -0.2) is 42.9 Å². The molecule has 1 aromatic carbocycles. The van der Waals surface area contributed by atoms with Gasteiger partial charge in [0.25, 0.3) is 0 Å². The molecule has 2 N–H and O–H groups in total. The predicted molar refractivity (Wildman–Crippen MR) is 94.0 cm³/mol. The molecule has 0 aromatic heterocycles. The zero-order valence-corrected chi connectivity index (χ0v) is 15.4. The second-order valence-electron chi connectivity index (χ2n) is 6.07. The van der Waals surface area contributed by atoms with Gasteiger partial charge in [-0.05, 0) is 37.5 Å². The number of halogens is 2. The lowest BCUT2D eigenvalue weighted by atomic mass is 9.92. The van der Waals surface area contributed by atoms with Crippen molar-refractivity contribution in [1.29, 1.82) is 0 Å². The van der Waals surface area contributed by atoms with E-state index >= 15 is 0 Å². The third kappa shape index (κ3) is 5.31. The zero-order chi connectivity index (χ0) is 18.4. The Hall–Kier alpha value is -1.34. The van der Waals surface area contributed by atoms with Crippen LogP contribution in [0.1, 0.15) is 31.7 Å². The van der Waals surface area contributed by atoms with Gasteiger partial charge in [-0.1, -0.05) is 29.3 Å². The Bertz CT molecular complexity index is 633. The minimum atomic E-state index is -1.61. The summed E-state index contributed by atoms with van der Waals surface area (Å²) in [6.45, 7) is 2.79. The number of rotatable bonds is 8. The first-order valence-corrected chi connectivity index (χ1v) is 8.78. The fourth-order valence-electron chi connectivity index (χ4n) is 2.55. The van der Waals surface area contributed by atoms with Gasteiger partial charge >= 0.3 is 5.97 Å². The molecule has 0 saturated carbocycles. The van der Waals surface area contributed by atoms with Gasteiger partial charge in [-0.25, -0.2) is 4.79 Å². The summed E-state index contributed by atoms with van der Waals surface area (Å²) >= 11 is 11.8. The van der Waals surface area contributed by atoms with Crippen molar-refractivity contribution < 1.29 is 24.2 Å². The maximum atomic E-state index is 12.1. The number of benzene rings is 1. The van der Waals surface area contributed by atoms with E-state index in [1.807, 2.05) is 0 Å². The Morgan fingerprint density at radius 2 is 2.16 bits per heavy atom. The summed E-state index contributed by atoms with van der Waals surface area (Å²) in [6.07, 6.45) is 2.12. The molecule has 0 radical (unpaired) electrons. The Balaban J connectivity index is 1.91. The average Bonchev–Trinajstić information content (AvgIpc) is 3.07. The Morgan fingerprint density at radius 1 is 1.40 bits per heavy atom. The quantitative estimate of drug-likeness (QED) is 0.667. The van der Waals surface area contributed by atoms with E-state index in [0.717, 1.165) is 19.4 Å². The Labute approximate surface area is 156 Å². The number of nitrogens with one attached hydrogen (secondary N) is 1. The highest BCUT2D eigenvalue weighted by Gasteiger charge is 2.37. The van der Waals surface area contributed by atoms with Crippen LogP contribution in [-0.2, 0) is 24.6 Å². The number of hydrogen-bond acceptors (Lipinski definition) is 4. The molecule has 0 spiro atoms. The number of aliphatic carboxylic acids is 1. The van der Waals surface area contributed by atoms with Gasteiger partial charge in [0.1, 0.15) is 0 Å². The third-order valence-corrected chi connectivity index (χ3v) is 4.85. The first kappa shape index (κ1) is 20.0. The molecule has 6 nitrogen and oxygen atoms in total. The highest BCUT2D eigenvalue weighted by atomic mass is 35.5. The molecule has 25 heavy (non-hydrogen) atoms. The summed E-state index contributed by atoms with van der Waals surface area (Å²) in [5, 5.41) is 12.6.